The summed E-state index contributed by atoms with van der Waals surface area (Å²) in [7, 11) is 1.65. The Morgan fingerprint density at radius 1 is 1.00 bits per heavy atom. The molecule has 0 spiro atoms. The third kappa shape index (κ3) is 4.31. The molecule has 0 aliphatic rings. The lowest BCUT2D eigenvalue weighted by molar-refractivity contribution is 0.415. The molecule has 5 aromatic rings. The summed E-state index contributed by atoms with van der Waals surface area (Å²) in [6.45, 7) is 4.03. The van der Waals surface area contributed by atoms with E-state index in [1.807, 2.05) is 76.7 Å². The average Bonchev–Trinajstić information content (AvgIpc) is 3.42. The molecule has 7 nitrogen and oxygen atoms in total. The average molecular weight is 477 g/mol. The summed E-state index contributed by atoms with van der Waals surface area (Å²) in [4.78, 5) is 9.22. The zero-order valence-electron chi connectivity index (χ0n) is 18.4. The maximum Gasteiger partial charge on any atom is 0.234 e. The number of hydrogen-bond acceptors (Lipinski definition) is 6. The van der Waals surface area contributed by atoms with Crippen molar-refractivity contribution < 1.29 is 4.74 Å². The van der Waals surface area contributed by atoms with Crippen molar-refractivity contribution in [1.82, 2.24) is 29.1 Å². The van der Waals surface area contributed by atoms with Gasteiger partial charge in [-0.05, 0) is 56.3 Å². The Morgan fingerprint density at radius 2 is 1.82 bits per heavy atom. The van der Waals surface area contributed by atoms with Gasteiger partial charge in [0, 0.05) is 39.6 Å². The second kappa shape index (κ2) is 8.88. The lowest BCUT2D eigenvalue weighted by Gasteiger charge is -2.11. The molecule has 0 radical (unpaired) electrons. The molecular weight excluding hydrogens is 456 g/mol. The minimum Gasteiger partial charge on any atom is -0.497 e. The summed E-state index contributed by atoms with van der Waals surface area (Å²) in [6, 6.07) is 17.5. The summed E-state index contributed by atoms with van der Waals surface area (Å²) in [6.07, 6.45) is 2.02. The molecule has 0 saturated heterocycles. The first-order valence-corrected chi connectivity index (χ1v) is 11.7. The van der Waals surface area contributed by atoms with Gasteiger partial charge in [-0.25, -0.2) is 9.97 Å². The number of rotatable bonds is 6. The summed E-state index contributed by atoms with van der Waals surface area (Å²) in [5, 5.41) is 10.4. The van der Waals surface area contributed by atoms with Crippen LogP contribution in [0.15, 0.2) is 66.0 Å². The standard InChI is InChI=1S/C24H21ClN6OS/c1-15-11-16(2)30-13-19(27-23(30)26-15)14-33-24-29-28-22(17-5-4-6-21(12-17)32-3)31(24)20-9-7-18(25)8-10-20/h4-13H,14H2,1-3H3. The molecule has 33 heavy (non-hydrogen) atoms. The molecule has 0 atom stereocenters. The monoisotopic (exact) mass is 476 g/mol. The molecule has 0 aliphatic carbocycles. The first-order valence-electron chi connectivity index (χ1n) is 10.3. The van der Waals surface area contributed by atoms with Crippen LogP contribution >= 0.6 is 23.4 Å². The zero-order valence-corrected chi connectivity index (χ0v) is 19.9. The third-order valence-corrected chi connectivity index (χ3v) is 6.42. The number of ether oxygens (including phenoxy) is 1. The lowest BCUT2D eigenvalue weighted by Crippen LogP contribution is -2.00. The number of aromatic nitrogens is 6. The van der Waals surface area contributed by atoms with Crippen LogP contribution < -0.4 is 4.74 Å². The van der Waals surface area contributed by atoms with E-state index in [1.54, 1.807) is 18.9 Å². The van der Waals surface area contributed by atoms with Crippen LogP contribution in [0.5, 0.6) is 5.75 Å². The number of benzene rings is 2. The van der Waals surface area contributed by atoms with Gasteiger partial charge in [0.25, 0.3) is 0 Å². The molecule has 3 aromatic heterocycles. The Kier molecular flexibility index (Phi) is 5.78. The van der Waals surface area contributed by atoms with E-state index in [0.717, 1.165) is 45.1 Å². The zero-order chi connectivity index (χ0) is 22.9. The number of fused-ring (bicyclic) bond motifs is 1. The largest absolute Gasteiger partial charge is 0.497 e. The first kappa shape index (κ1) is 21.5. The van der Waals surface area contributed by atoms with Crippen molar-refractivity contribution in [3.8, 4) is 22.8 Å². The van der Waals surface area contributed by atoms with Gasteiger partial charge in [0.15, 0.2) is 11.0 Å². The smallest absolute Gasteiger partial charge is 0.234 e. The Bertz CT molecular complexity index is 1440. The van der Waals surface area contributed by atoms with Crippen molar-refractivity contribution in [2.45, 2.75) is 24.8 Å². The number of aryl methyl sites for hydroxylation is 2. The highest BCUT2D eigenvalue weighted by Crippen LogP contribution is 2.31. The SMILES string of the molecule is COc1cccc(-c2nnc(SCc3cn4c(C)cc(C)nc4n3)n2-c2ccc(Cl)cc2)c1. The van der Waals surface area contributed by atoms with Crippen LogP contribution in [0, 0.1) is 13.8 Å². The van der Waals surface area contributed by atoms with Gasteiger partial charge in [0.05, 0.1) is 12.8 Å². The molecule has 0 unspecified atom stereocenters. The second-order valence-corrected chi connectivity index (χ2v) is 8.96. The van der Waals surface area contributed by atoms with Crippen LogP contribution in [0.2, 0.25) is 5.02 Å². The highest BCUT2D eigenvalue weighted by molar-refractivity contribution is 7.98. The molecule has 0 aliphatic heterocycles. The molecule has 0 bridgehead atoms. The third-order valence-electron chi connectivity index (χ3n) is 5.21. The van der Waals surface area contributed by atoms with Crippen molar-refractivity contribution in [3.63, 3.8) is 0 Å². The number of hydrogen-bond donors (Lipinski definition) is 0. The van der Waals surface area contributed by atoms with E-state index in [-0.39, 0.29) is 0 Å². The predicted octanol–water partition coefficient (Wildman–Crippen LogP) is 5.55. The molecule has 0 amide bonds. The van der Waals surface area contributed by atoms with Crippen molar-refractivity contribution >= 4 is 29.1 Å². The van der Waals surface area contributed by atoms with Gasteiger partial charge in [0.2, 0.25) is 5.78 Å². The van der Waals surface area contributed by atoms with Gasteiger partial charge in [-0.3, -0.25) is 8.97 Å². The van der Waals surface area contributed by atoms with Crippen LogP contribution in [0.1, 0.15) is 17.1 Å². The molecule has 5 rings (SSSR count). The Hall–Kier alpha value is -3.36. The summed E-state index contributed by atoms with van der Waals surface area (Å²) in [5.74, 6) is 2.82. The van der Waals surface area contributed by atoms with Crippen molar-refractivity contribution in [2.24, 2.45) is 0 Å². The highest BCUT2D eigenvalue weighted by Gasteiger charge is 2.18. The van der Waals surface area contributed by atoms with Crippen molar-refractivity contribution in [3.05, 3.63) is 82.9 Å². The molecule has 2 aromatic carbocycles. The highest BCUT2D eigenvalue weighted by atomic mass is 35.5. The van der Waals surface area contributed by atoms with E-state index in [9.17, 15) is 0 Å². The molecular formula is C24H21ClN6OS. The quantitative estimate of drug-likeness (QED) is 0.299. The fourth-order valence-corrected chi connectivity index (χ4v) is 4.62. The predicted molar refractivity (Wildman–Crippen MR) is 130 cm³/mol. The summed E-state index contributed by atoms with van der Waals surface area (Å²) in [5.41, 5.74) is 4.82. The van der Waals surface area contributed by atoms with E-state index < -0.39 is 0 Å². The Morgan fingerprint density at radius 3 is 2.61 bits per heavy atom. The molecule has 0 fully saturated rings. The van der Waals surface area contributed by atoms with E-state index in [0.29, 0.717) is 16.6 Å². The van der Waals surface area contributed by atoms with Crippen LogP contribution in [-0.4, -0.2) is 36.2 Å². The van der Waals surface area contributed by atoms with Crippen molar-refractivity contribution in [2.75, 3.05) is 7.11 Å². The number of thioether (sulfide) groups is 1. The number of halogens is 1. The van der Waals surface area contributed by atoms with Gasteiger partial charge in [0.1, 0.15) is 5.75 Å². The molecule has 166 valence electrons. The fourth-order valence-electron chi connectivity index (χ4n) is 3.66. The Balaban J connectivity index is 1.52. The maximum absolute atomic E-state index is 6.13. The van der Waals surface area contributed by atoms with Crippen LogP contribution in [-0.2, 0) is 5.75 Å². The van der Waals surface area contributed by atoms with Gasteiger partial charge in [-0.15, -0.1) is 10.2 Å². The second-order valence-electron chi connectivity index (χ2n) is 7.58. The number of imidazole rings is 1. The molecule has 0 saturated carbocycles. The number of nitrogens with zero attached hydrogens (tertiary/aromatic N) is 6. The van der Waals surface area contributed by atoms with E-state index in [2.05, 4.69) is 22.1 Å². The minimum atomic E-state index is 0.631. The van der Waals surface area contributed by atoms with Crippen LogP contribution in [0.25, 0.3) is 22.9 Å². The molecule has 9 heteroatoms. The van der Waals surface area contributed by atoms with Crippen molar-refractivity contribution in [1.29, 1.82) is 0 Å². The van der Waals surface area contributed by atoms with Gasteiger partial charge >= 0.3 is 0 Å². The van der Waals surface area contributed by atoms with Gasteiger partial charge < -0.3 is 4.74 Å². The molecule has 0 N–H and O–H groups in total. The van der Waals surface area contributed by atoms with E-state index >= 15 is 0 Å². The number of methoxy groups -OCH3 is 1. The van der Waals surface area contributed by atoms with Crippen LogP contribution in [0.4, 0.5) is 0 Å². The lowest BCUT2D eigenvalue weighted by atomic mass is 10.2. The normalized spacial score (nSPS) is 11.3. The Labute approximate surface area is 200 Å². The summed E-state index contributed by atoms with van der Waals surface area (Å²) < 4.78 is 9.44. The first-order chi connectivity index (χ1) is 16.0. The van der Waals surface area contributed by atoms with E-state index in [4.69, 9.17) is 21.3 Å². The minimum absolute atomic E-state index is 0.631. The van der Waals surface area contributed by atoms with Gasteiger partial charge in [-0.2, -0.15) is 0 Å². The summed E-state index contributed by atoms with van der Waals surface area (Å²) >= 11 is 7.71. The fraction of sp³-hybridized carbons (Fsp3) is 0.167. The van der Waals surface area contributed by atoms with Gasteiger partial charge in [-0.1, -0.05) is 35.5 Å². The maximum atomic E-state index is 6.13. The topological polar surface area (TPSA) is 70.1 Å². The van der Waals surface area contributed by atoms with E-state index in [1.165, 1.54) is 0 Å². The van der Waals surface area contributed by atoms with Crippen LogP contribution in [0.3, 0.4) is 0 Å². The molecule has 3 heterocycles.